The minimum absolute atomic E-state index is 0.845. The molecule has 3 heteroatoms. The molecule has 0 unspecified atom stereocenters. The van der Waals surface area contributed by atoms with Gasteiger partial charge in [-0.3, -0.25) is 0 Å². The monoisotopic (exact) mass is 201 g/mol. The lowest BCUT2D eigenvalue weighted by atomic mass is 10.4. The van der Waals surface area contributed by atoms with Crippen molar-refractivity contribution in [2.45, 2.75) is 6.92 Å². The molecule has 0 aliphatic heterocycles. The molecule has 66 valence electrons. The van der Waals surface area contributed by atoms with Gasteiger partial charge in [-0.15, -0.1) is 11.3 Å². The zero-order chi connectivity index (χ0) is 8.81. The fourth-order valence-electron chi connectivity index (χ4n) is 0.821. The first-order chi connectivity index (χ1) is 5.83. The molecule has 0 radical (unpaired) electrons. The lowest BCUT2D eigenvalue weighted by Crippen LogP contribution is -2.11. The van der Waals surface area contributed by atoms with Gasteiger partial charge >= 0.3 is 0 Å². The van der Waals surface area contributed by atoms with Crippen molar-refractivity contribution < 1.29 is 0 Å². The van der Waals surface area contributed by atoms with E-state index in [1.54, 1.807) is 11.3 Å². The van der Waals surface area contributed by atoms with E-state index in [1.807, 2.05) is 12.1 Å². The van der Waals surface area contributed by atoms with Gasteiger partial charge in [0.1, 0.15) is 0 Å². The van der Waals surface area contributed by atoms with Crippen molar-refractivity contribution in [1.82, 2.24) is 5.32 Å². The lowest BCUT2D eigenvalue weighted by molar-refractivity contribution is 0.801. The summed E-state index contributed by atoms with van der Waals surface area (Å²) in [5.41, 5.74) is 0. The van der Waals surface area contributed by atoms with Crippen molar-refractivity contribution in [3.05, 3.63) is 27.4 Å². The smallest absolute Gasteiger partial charge is 0.0934 e. The number of rotatable bonds is 4. The number of hydrogen-bond donors (Lipinski definition) is 1. The highest BCUT2D eigenvalue weighted by Gasteiger charge is 1.91. The first-order valence-corrected chi connectivity index (χ1v) is 5.15. The van der Waals surface area contributed by atoms with E-state index in [0.717, 1.165) is 17.4 Å². The molecule has 0 aliphatic rings. The summed E-state index contributed by atoms with van der Waals surface area (Å²) in [5.74, 6) is 0. The van der Waals surface area contributed by atoms with Gasteiger partial charge < -0.3 is 5.32 Å². The minimum atomic E-state index is 0.845. The summed E-state index contributed by atoms with van der Waals surface area (Å²) in [6, 6.07) is 3.94. The van der Waals surface area contributed by atoms with Gasteiger partial charge in [0.15, 0.2) is 0 Å². The summed E-state index contributed by atoms with van der Waals surface area (Å²) in [6.45, 7) is 4.03. The Bertz CT molecular complexity index is 255. The fourth-order valence-corrected chi connectivity index (χ4v) is 1.81. The van der Waals surface area contributed by atoms with Crippen LogP contribution in [0.2, 0.25) is 4.34 Å². The average molecular weight is 202 g/mol. The zero-order valence-corrected chi connectivity index (χ0v) is 8.58. The van der Waals surface area contributed by atoms with Crippen LogP contribution >= 0.6 is 22.9 Å². The second kappa shape index (κ2) is 5.36. The maximum Gasteiger partial charge on any atom is 0.0934 e. The van der Waals surface area contributed by atoms with Crippen molar-refractivity contribution in [2.75, 3.05) is 13.1 Å². The molecule has 0 amide bonds. The largest absolute Gasteiger partial charge is 0.314 e. The number of hydrogen-bond acceptors (Lipinski definition) is 2. The van der Waals surface area contributed by atoms with Gasteiger partial charge in [-0.25, -0.2) is 0 Å². The topological polar surface area (TPSA) is 12.0 Å². The molecule has 0 spiro atoms. The number of thiophene rings is 1. The Morgan fingerprint density at radius 2 is 2.42 bits per heavy atom. The third-order valence-corrected chi connectivity index (χ3v) is 2.58. The summed E-state index contributed by atoms with van der Waals surface area (Å²) in [6.07, 6.45) is 4.19. The molecule has 1 nitrogen and oxygen atoms in total. The van der Waals surface area contributed by atoms with Crippen LogP contribution in [0.15, 0.2) is 18.2 Å². The van der Waals surface area contributed by atoms with Crippen molar-refractivity contribution in [3.8, 4) is 0 Å². The van der Waals surface area contributed by atoms with Crippen LogP contribution in [0.1, 0.15) is 11.8 Å². The third-order valence-electron chi connectivity index (χ3n) is 1.39. The molecule has 1 aromatic heterocycles. The molecule has 1 aromatic rings. The van der Waals surface area contributed by atoms with Gasteiger partial charge in [-0.1, -0.05) is 24.6 Å². The molecule has 1 rings (SSSR count). The van der Waals surface area contributed by atoms with E-state index >= 15 is 0 Å². The highest BCUT2D eigenvalue weighted by molar-refractivity contribution is 7.16. The van der Waals surface area contributed by atoms with Gasteiger partial charge in [-0.2, -0.15) is 0 Å². The quantitative estimate of drug-likeness (QED) is 0.739. The molecule has 12 heavy (non-hydrogen) atoms. The van der Waals surface area contributed by atoms with Gasteiger partial charge in [0, 0.05) is 11.4 Å². The Labute approximate surface area is 82.1 Å². The van der Waals surface area contributed by atoms with E-state index in [9.17, 15) is 0 Å². The normalized spacial score (nSPS) is 11.2. The van der Waals surface area contributed by atoms with E-state index in [1.165, 1.54) is 4.88 Å². The molecule has 1 N–H and O–H groups in total. The highest BCUT2D eigenvalue weighted by atomic mass is 35.5. The Morgan fingerprint density at radius 3 is 3.00 bits per heavy atom. The van der Waals surface area contributed by atoms with E-state index < -0.39 is 0 Å². The Morgan fingerprint density at radius 1 is 1.58 bits per heavy atom. The van der Waals surface area contributed by atoms with Crippen LogP contribution in [0.25, 0.3) is 6.08 Å². The van der Waals surface area contributed by atoms with Crippen LogP contribution in [0.4, 0.5) is 0 Å². The van der Waals surface area contributed by atoms with Crippen LogP contribution < -0.4 is 5.32 Å². The second-order valence-corrected chi connectivity index (χ2v) is 4.10. The maximum atomic E-state index is 5.77. The predicted molar refractivity (Wildman–Crippen MR) is 56.9 cm³/mol. The molecule has 0 fully saturated rings. The van der Waals surface area contributed by atoms with Crippen LogP contribution in [0.3, 0.4) is 0 Å². The molecule has 0 bridgehead atoms. The molecule has 0 aliphatic carbocycles. The van der Waals surface area contributed by atoms with Crippen LogP contribution in [0.5, 0.6) is 0 Å². The van der Waals surface area contributed by atoms with Crippen molar-refractivity contribution in [1.29, 1.82) is 0 Å². The van der Waals surface area contributed by atoms with Crippen LogP contribution in [0, 0.1) is 0 Å². The van der Waals surface area contributed by atoms with Gasteiger partial charge in [0.05, 0.1) is 4.34 Å². The van der Waals surface area contributed by atoms with E-state index in [-0.39, 0.29) is 0 Å². The van der Waals surface area contributed by atoms with E-state index in [0.29, 0.717) is 0 Å². The number of nitrogens with one attached hydrogen (secondary N) is 1. The summed E-state index contributed by atoms with van der Waals surface area (Å²) in [5, 5.41) is 3.21. The molecule has 0 aromatic carbocycles. The maximum absolute atomic E-state index is 5.77. The van der Waals surface area contributed by atoms with Crippen molar-refractivity contribution in [2.24, 2.45) is 0 Å². The summed E-state index contributed by atoms with van der Waals surface area (Å²) < 4.78 is 0.845. The molecule has 0 saturated heterocycles. The van der Waals surface area contributed by atoms with Crippen molar-refractivity contribution in [3.63, 3.8) is 0 Å². The van der Waals surface area contributed by atoms with Crippen LogP contribution in [-0.4, -0.2) is 13.1 Å². The Balaban J connectivity index is 2.36. The Kier molecular flexibility index (Phi) is 4.36. The average Bonchev–Trinajstić information content (AvgIpc) is 2.45. The first kappa shape index (κ1) is 9.78. The lowest BCUT2D eigenvalue weighted by Gasteiger charge is -1.91. The van der Waals surface area contributed by atoms with Gasteiger partial charge in [-0.05, 0) is 24.8 Å². The SMILES string of the molecule is CCNCC=Cc1ccc(Cl)s1. The van der Waals surface area contributed by atoms with E-state index in [2.05, 4.69) is 24.4 Å². The summed E-state index contributed by atoms with van der Waals surface area (Å²) in [7, 11) is 0. The molecule has 0 saturated carbocycles. The third kappa shape index (κ3) is 3.39. The number of halogens is 1. The summed E-state index contributed by atoms with van der Waals surface area (Å²) in [4.78, 5) is 1.21. The zero-order valence-electron chi connectivity index (χ0n) is 7.01. The summed E-state index contributed by atoms with van der Waals surface area (Å²) >= 11 is 7.37. The molecule has 1 heterocycles. The minimum Gasteiger partial charge on any atom is -0.314 e. The second-order valence-electron chi connectivity index (χ2n) is 2.35. The number of likely N-dealkylation sites (N-methyl/N-ethyl adjacent to an activating group) is 1. The molecule has 0 atom stereocenters. The standard InChI is InChI=1S/C9H12ClNS/c1-2-11-7-3-4-8-5-6-9(10)12-8/h3-6,11H,2,7H2,1H3. The molecular formula is C9H12ClNS. The Hall–Kier alpha value is -0.310. The van der Waals surface area contributed by atoms with Gasteiger partial charge in [0.2, 0.25) is 0 Å². The predicted octanol–water partition coefficient (Wildman–Crippen LogP) is 3.02. The fraction of sp³-hybridized carbons (Fsp3) is 0.333. The van der Waals surface area contributed by atoms with Crippen molar-refractivity contribution >= 4 is 29.0 Å². The van der Waals surface area contributed by atoms with E-state index in [4.69, 9.17) is 11.6 Å². The van der Waals surface area contributed by atoms with Gasteiger partial charge in [0.25, 0.3) is 0 Å². The molecular weight excluding hydrogens is 190 g/mol. The van der Waals surface area contributed by atoms with Crippen LogP contribution in [-0.2, 0) is 0 Å². The first-order valence-electron chi connectivity index (χ1n) is 3.95. The highest BCUT2D eigenvalue weighted by Crippen LogP contribution is 2.22.